The second-order valence-electron chi connectivity index (χ2n) is 8.79. The van der Waals surface area contributed by atoms with E-state index in [-0.39, 0.29) is 5.91 Å². The molecule has 1 amide bonds. The SMILES string of the molecule is CCCc1ccccc1NCc1ccc(C(=O)N[C@@H](CCSC)C(=O)OC)c(-c2ccccc2C)c1. The molecule has 0 saturated heterocycles. The maximum absolute atomic E-state index is 13.4. The fourth-order valence-corrected chi connectivity index (χ4v) is 4.71. The molecule has 0 aromatic heterocycles. The normalized spacial score (nSPS) is 11.6. The number of esters is 1. The van der Waals surface area contributed by atoms with E-state index in [1.54, 1.807) is 11.8 Å². The van der Waals surface area contributed by atoms with Crippen molar-refractivity contribution in [2.45, 2.75) is 45.7 Å². The van der Waals surface area contributed by atoms with E-state index in [2.05, 4.69) is 41.8 Å². The van der Waals surface area contributed by atoms with Crippen LogP contribution in [0.3, 0.4) is 0 Å². The van der Waals surface area contributed by atoms with Crippen LogP contribution < -0.4 is 10.6 Å². The molecular weight excluding hydrogens is 468 g/mol. The summed E-state index contributed by atoms with van der Waals surface area (Å²) in [5, 5.41) is 6.48. The van der Waals surface area contributed by atoms with Crippen LogP contribution in [-0.4, -0.2) is 37.0 Å². The molecule has 0 saturated carbocycles. The maximum atomic E-state index is 13.4. The van der Waals surface area contributed by atoms with E-state index in [1.807, 2.05) is 55.6 Å². The number of nitrogens with one attached hydrogen (secondary N) is 2. The van der Waals surface area contributed by atoms with Gasteiger partial charge in [-0.05, 0) is 77.8 Å². The number of hydrogen-bond donors (Lipinski definition) is 2. The zero-order chi connectivity index (χ0) is 25.9. The topological polar surface area (TPSA) is 67.4 Å². The van der Waals surface area contributed by atoms with Crippen LogP contribution in [0.25, 0.3) is 11.1 Å². The van der Waals surface area contributed by atoms with Crippen LogP contribution in [0.15, 0.2) is 66.7 Å². The number of hydrogen-bond acceptors (Lipinski definition) is 5. The fraction of sp³-hybridized carbons (Fsp3) is 0.333. The summed E-state index contributed by atoms with van der Waals surface area (Å²) in [7, 11) is 1.35. The zero-order valence-electron chi connectivity index (χ0n) is 21.6. The molecule has 0 heterocycles. The van der Waals surface area contributed by atoms with Crippen molar-refractivity contribution in [1.82, 2.24) is 5.32 Å². The van der Waals surface area contributed by atoms with Gasteiger partial charge in [0.05, 0.1) is 7.11 Å². The summed E-state index contributed by atoms with van der Waals surface area (Å²) in [5.41, 5.74) is 6.97. The second kappa shape index (κ2) is 13.7. The summed E-state index contributed by atoms with van der Waals surface area (Å²) < 4.78 is 4.93. The lowest BCUT2D eigenvalue weighted by atomic mass is 9.93. The molecule has 0 radical (unpaired) electrons. The van der Waals surface area contributed by atoms with Gasteiger partial charge in [0.15, 0.2) is 0 Å². The van der Waals surface area contributed by atoms with E-state index in [0.717, 1.165) is 46.5 Å². The predicted octanol–water partition coefficient (Wildman–Crippen LogP) is 6.25. The number of methoxy groups -OCH3 is 1. The molecule has 0 unspecified atom stereocenters. The van der Waals surface area contributed by atoms with Crippen molar-refractivity contribution in [2.24, 2.45) is 0 Å². The van der Waals surface area contributed by atoms with E-state index < -0.39 is 12.0 Å². The molecule has 0 bridgehead atoms. The fourth-order valence-electron chi connectivity index (χ4n) is 4.24. The van der Waals surface area contributed by atoms with Crippen LogP contribution in [0.5, 0.6) is 0 Å². The number of para-hydroxylation sites is 1. The Labute approximate surface area is 219 Å². The predicted molar refractivity (Wildman–Crippen MR) is 151 cm³/mol. The number of aryl methyl sites for hydroxylation is 2. The van der Waals surface area contributed by atoms with Crippen molar-refractivity contribution >= 4 is 29.3 Å². The second-order valence-corrected chi connectivity index (χ2v) is 9.77. The Bertz CT molecular complexity index is 1180. The molecule has 3 aromatic rings. The summed E-state index contributed by atoms with van der Waals surface area (Å²) >= 11 is 1.63. The molecule has 0 aliphatic heterocycles. The number of anilines is 1. The summed E-state index contributed by atoms with van der Waals surface area (Å²) in [6.45, 7) is 4.86. The molecule has 2 N–H and O–H groups in total. The first-order valence-electron chi connectivity index (χ1n) is 12.4. The minimum Gasteiger partial charge on any atom is -0.467 e. The van der Waals surface area contributed by atoms with Crippen LogP contribution in [0.2, 0.25) is 0 Å². The average molecular weight is 505 g/mol. The molecular formula is C30H36N2O3S. The number of rotatable bonds is 12. The summed E-state index contributed by atoms with van der Waals surface area (Å²) in [6, 6.07) is 21.6. The summed E-state index contributed by atoms with van der Waals surface area (Å²) in [6.07, 6.45) is 4.59. The largest absolute Gasteiger partial charge is 0.467 e. The Kier molecular flexibility index (Phi) is 10.4. The van der Waals surface area contributed by atoms with Crippen LogP contribution in [0, 0.1) is 6.92 Å². The van der Waals surface area contributed by atoms with Crippen LogP contribution in [0.4, 0.5) is 5.69 Å². The van der Waals surface area contributed by atoms with Gasteiger partial charge in [-0.15, -0.1) is 0 Å². The lowest BCUT2D eigenvalue weighted by molar-refractivity contribution is -0.142. The third-order valence-electron chi connectivity index (χ3n) is 6.19. The van der Waals surface area contributed by atoms with Gasteiger partial charge in [-0.1, -0.05) is 61.9 Å². The zero-order valence-corrected chi connectivity index (χ0v) is 22.4. The van der Waals surface area contributed by atoms with Crippen LogP contribution >= 0.6 is 11.8 Å². The Balaban J connectivity index is 1.92. The first kappa shape index (κ1) is 27.3. The van der Waals surface area contributed by atoms with Crippen molar-refractivity contribution < 1.29 is 14.3 Å². The molecule has 6 heteroatoms. The molecule has 190 valence electrons. The first-order chi connectivity index (χ1) is 17.5. The standard InChI is InChI=1S/C30H36N2O3S/c1-5-10-23-12-7-9-14-27(23)31-20-22-15-16-25(26(19-22)24-13-8-6-11-21(24)2)29(33)32-28(17-18-36-4)30(34)35-3/h6-9,11-16,19,28,31H,5,10,17-18,20H2,1-4H3,(H,32,33)/t28-/m0/s1. The van der Waals surface area contributed by atoms with Crippen molar-refractivity contribution in [3.63, 3.8) is 0 Å². The Morgan fingerprint density at radius 3 is 2.47 bits per heavy atom. The Morgan fingerprint density at radius 2 is 1.75 bits per heavy atom. The van der Waals surface area contributed by atoms with Gasteiger partial charge in [0.25, 0.3) is 5.91 Å². The summed E-state index contributed by atoms with van der Waals surface area (Å²) in [5.74, 6) is 0.0356. The molecule has 3 aromatic carbocycles. The molecule has 3 rings (SSSR count). The Morgan fingerprint density at radius 1 is 1.00 bits per heavy atom. The van der Waals surface area contributed by atoms with Gasteiger partial charge in [-0.2, -0.15) is 11.8 Å². The van der Waals surface area contributed by atoms with Gasteiger partial charge >= 0.3 is 5.97 Å². The van der Waals surface area contributed by atoms with Gasteiger partial charge in [-0.25, -0.2) is 4.79 Å². The van der Waals surface area contributed by atoms with E-state index in [1.165, 1.54) is 12.7 Å². The number of carbonyl (C=O) groups excluding carboxylic acids is 2. The highest BCUT2D eigenvalue weighted by Crippen LogP contribution is 2.29. The van der Waals surface area contributed by atoms with E-state index in [0.29, 0.717) is 18.5 Å². The lowest BCUT2D eigenvalue weighted by Gasteiger charge is -2.19. The molecule has 1 atom stereocenters. The molecule has 0 aliphatic carbocycles. The number of ether oxygens (including phenoxy) is 1. The summed E-state index contributed by atoms with van der Waals surface area (Å²) in [4.78, 5) is 25.7. The van der Waals surface area contributed by atoms with Gasteiger partial charge in [-0.3, -0.25) is 4.79 Å². The monoisotopic (exact) mass is 504 g/mol. The van der Waals surface area contributed by atoms with Crippen molar-refractivity contribution in [2.75, 3.05) is 24.4 Å². The highest BCUT2D eigenvalue weighted by molar-refractivity contribution is 7.98. The third kappa shape index (κ3) is 7.14. The number of benzene rings is 3. The van der Waals surface area contributed by atoms with Crippen molar-refractivity contribution in [3.05, 3.63) is 89.0 Å². The smallest absolute Gasteiger partial charge is 0.328 e. The molecule has 5 nitrogen and oxygen atoms in total. The third-order valence-corrected chi connectivity index (χ3v) is 6.83. The minimum atomic E-state index is -0.684. The van der Waals surface area contributed by atoms with Gasteiger partial charge in [0.2, 0.25) is 0 Å². The Hall–Kier alpha value is -3.25. The van der Waals surface area contributed by atoms with E-state index in [4.69, 9.17) is 4.74 Å². The first-order valence-corrected chi connectivity index (χ1v) is 13.8. The molecule has 36 heavy (non-hydrogen) atoms. The van der Waals surface area contributed by atoms with Gasteiger partial charge in [0.1, 0.15) is 6.04 Å². The highest BCUT2D eigenvalue weighted by atomic mass is 32.2. The van der Waals surface area contributed by atoms with Crippen molar-refractivity contribution in [1.29, 1.82) is 0 Å². The minimum absolute atomic E-state index is 0.280. The van der Waals surface area contributed by atoms with Crippen LogP contribution in [0.1, 0.15) is 46.8 Å². The number of carbonyl (C=O) groups is 2. The lowest BCUT2D eigenvalue weighted by Crippen LogP contribution is -2.42. The van der Waals surface area contributed by atoms with Crippen molar-refractivity contribution in [3.8, 4) is 11.1 Å². The van der Waals surface area contributed by atoms with Gasteiger partial charge in [0, 0.05) is 17.8 Å². The van der Waals surface area contributed by atoms with E-state index >= 15 is 0 Å². The maximum Gasteiger partial charge on any atom is 0.328 e. The van der Waals surface area contributed by atoms with Gasteiger partial charge < -0.3 is 15.4 Å². The quantitative estimate of drug-likeness (QED) is 0.285. The van der Waals surface area contributed by atoms with Crippen LogP contribution in [-0.2, 0) is 22.5 Å². The number of thioether (sulfide) groups is 1. The molecule has 0 fully saturated rings. The molecule has 0 spiro atoms. The molecule has 0 aliphatic rings. The number of amides is 1. The van der Waals surface area contributed by atoms with E-state index in [9.17, 15) is 9.59 Å². The average Bonchev–Trinajstić information content (AvgIpc) is 2.90. The highest BCUT2D eigenvalue weighted by Gasteiger charge is 2.23.